The van der Waals surface area contributed by atoms with Crippen LogP contribution in [-0.2, 0) is 0 Å². The van der Waals surface area contributed by atoms with Gasteiger partial charge in [-0.25, -0.2) is 0 Å². The summed E-state index contributed by atoms with van der Waals surface area (Å²) in [5.74, 6) is 8.22. The van der Waals surface area contributed by atoms with E-state index < -0.39 is 0 Å². The van der Waals surface area contributed by atoms with Gasteiger partial charge < -0.3 is 0 Å². The molecule has 23 heavy (non-hydrogen) atoms. The molecule has 0 aliphatic heterocycles. The van der Waals surface area contributed by atoms with Gasteiger partial charge in [-0.2, -0.15) is 0 Å². The molecule has 0 saturated heterocycles. The van der Waals surface area contributed by atoms with Gasteiger partial charge in [-0.05, 0) is 104 Å². The van der Waals surface area contributed by atoms with E-state index in [0.29, 0.717) is 5.41 Å². The van der Waals surface area contributed by atoms with Gasteiger partial charge in [0.1, 0.15) is 0 Å². The summed E-state index contributed by atoms with van der Waals surface area (Å²) >= 11 is 0. The van der Waals surface area contributed by atoms with Crippen molar-refractivity contribution in [2.45, 2.75) is 78.6 Å². The number of rotatable bonds is 2. The second kappa shape index (κ2) is 5.92. The zero-order chi connectivity index (χ0) is 16.2. The molecule has 0 spiro atoms. The van der Waals surface area contributed by atoms with Crippen molar-refractivity contribution in [2.24, 2.45) is 52.8 Å². The van der Waals surface area contributed by atoms with E-state index in [0.717, 1.165) is 47.3 Å². The van der Waals surface area contributed by atoms with Crippen molar-refractivity contribution in [3.63, 3.8) is 0 Å². The van der Waals surface area contributed by atoms with E-state index in [9.17, 15) is 0 Å². The van der Waals surface area contributed by atoms with E-state index in [2.05, 4.69) is 33.4 Å². The Morgan fingerprint density at radius 3 is 2.52 bits per heavy atom. The van der Waals surface area contributed by atoms with Crippen molar-refractivity contribution < 1.29 is 0 Å². The number of hydrogen-bond donors (Lipinski definition) is 0. The van der Waals surface area contributed by atoms with Crippen LogP contribution in [0, 0.1) is 52.8 Å². The third kappa shape index (κ3) is 2.46. The van der Waals surface area contributed by atoms with E-state index >= 15 is 0 Å². The minimum Gasteiger partial charge on any atom is -0.103 e. The lowest BCUT2D eigenvalue weighted by Gasteiger charge is -2.56. The van der Waals surface area contributed by atoms with E-state index in [-0.39, 0.29) is 0 Å². The molecular weight excluding hydrogens is 276 g/mol. The summed E-state index contributed by atoms with van der Waals surface area (Å²) in [7, 11) is 0. The van der Waals surface area contributed by atoms with Crippen LogP contribution in [0.2, 0.25) is 0 Å². The fraction of sp³-hybridized carbons (Fsp3) is 0.913. The third-order valence-corrected chi connectivity index (χ3v) is 9.23. The highest BCUT2D eigenvalue weighted by Crippen LogP contribution is 2.66. The highest BCUT2D eigenvalue weighted by Gasteiger charge is 2.58. The van der Waals surface area contributed by atoms with Crippen LogP contribution in [-0.4, -0.2) is 0 Å². The van der Waals surface area contributed by atoms with Gasteiger partial charge in [0.05, 0.1) is 0 Å². The molecule has 0 bridgehead atoms. The standard InChI is InChI=1S/C23H38/c1-5-6-21-16(3)14-22-20-10-8-17-13-15(2)7-9-18(17)19(20)11-12-23(21,22)4/h5,15-22H,1,6-14H2,2-4H3. The minimum atomic E-state index is 0.629. The predicted octanol–water partition coefficient (Wildman–Crippen LogP) is 6.71. The lowest BCUT2D eigenvalue weighted by molar-refractivity contribution is -0.0670. The summed E-state index contributed by atoms with van der Waals surface area (Å²) < 4.78 is 0. The van der Waals surface area contributed by atoms with Crippen LogP contribution in [0.4, 0.5) is 0 Å². The van der Waals surface area contributed by atoms with Gasteiger partial charge in [0.15, 0.2) is 0 Å². The quantitative estimate of drug-likeness (QED) is 0.497. The fourth-order valence-corrected chi connectivity index (χ4v) is 8.24. The lowest BCUT2D eigenvalue weighted by atomic mass is 9.49. The number of fused-ring (bicyclic) bond motifs is 5. The summed E-state index contributed by atoms with van der Waals surface area (Å²) in [5.41, 5.74) is 0.629. The molecule has 0 heterocycles. The summed E-state index contributed by atoms with van der Waals surface area (Å²) in [5, 5.41) is 0. The Bertz CT molecular complexity index is 451. The van der Waals surface area contributed by atoms with Crippen molar-refractivity contribution in [1.82, 2.24) is 0 Å². The molecule has 9 unspecified atom stereocenters. The first-order valence-corrected chi connectivity index (χ1v) is 10.7. The Morgan fingerprint density at radius 1 is 0.957 bits per heavy atom. The molecule has 0 heteroatoms. The number of hydrogen-bond acceptors (Lipinski definition) is 0. The molecule has 4 aliphatic rings. The van der Waals surface area contributed by atoms with Crippen molar-refractivity contribution in [1.29, 1.82) is 0 Å². The largest absolute Gasteiger partial charge is 0.103 e. The van der Waals surface area contributed by atoms with Gasteiger partial charge >= 0.3 is 0 Å². The van der Waals surface area contributed by atoms with Gasteiger partial charge in [-0.3, -0.25) is 0 Å². The minimum absolute atomic E-state index is 0.629. The predicted molar refractivity (Wildman–Crippen MR) is 99.1 cm³/mol. The van der Waals surface area contributed by atoms with Crippen molar-refractivity contribution >= 4 is 0 Å². The third-order valence-electron chi connectivity index (χ3n) is 9.23. The van der Waals surface area contributed by atoms with Gasteiger partial charge in [0, 0.05) is 0 Å². The van der Waals surface area contributed by atoms with Crippen LogP contribution in [0.1, 0.15) is 78.6 Å². The van der Waals surface area contributed by atoms with Crippen LogP contribution >= 0.6 is 0 Å². The zero-order valence-electron chi connectivity index (χ0n) is 15.8. The molecular formula is C23H38. The second-order valence-electron chi connectivity index (χ2n) is 10.2. The molecule has 0 radical (unpaired) electrons. The average molecular weight is 315 g/mol. The van der Waals surface area contributed by atoms with Crippen LogP contribution in [0.25, 0.3) is 0 Å². The smallest absolute Gasteiger partial charge is 0.0261 e. The Labute approximate surface area is 144 Å². The van der Waals surface area contributed by atoms with Gasteiger partial charge in [0.25, 0.3) is 0 Å². The summed E-state index contributed by atoms with van der Waals surface area (Å²) in [6.07, 6.45) is 15.8. The van der Waals surface area contributed by atoms with E-state index in [1.54, 1.807) is 32.1 Å². The van der Waals surface area contributed by atoms with Crippen molar-refractivity contribution in [3.05, 3.63) is 12.7 Å². The van der Waals surface area contributed by atoms with Crippen molar-refractivity contribution in [3.8, 4) is 0 Å². The molecule has 130 valence electrons. The van der Waals surface area contributed by atoms with Crippen LogP contribution in [0.3, 0.4) is 0 Å². The zero-order valence-corrected chi connectivity index (χ0v) is 15.8. The van der Waals surface area contributed by atoms with E-state index in [1.165, 1.54) is 25.7 Å². The molecule has 0 amide bonds. The fourth-order valence-electron chi connectivity index (χ4n) is 8.24. The average Bonchev–Trinajstić information content (AvgIpc) is 2.79. The molecule has 4 saturated carbocycles. The topological polar surface area (TPSA) is 0 Å². The Hall–Kier alpha value is -0.260. The molecule has 0 aromatic rings. The molecule has 9 atom stereocenters. The first-order valence-electron chi connectivity index (χ1n) is 10.7. The molecule has 4 rings (SSSR count). The lowest BCUT2D eigenvalue weighted by Crippen LogP contribution is -2.48. The Morgan fingerprint density at radius 2 is 1.74 bits per heavy atom. The molecule has 4 fully saturated rings. The summed E-state index contributed by atoms with van der Waals surface area (Å²) in [6.45, 7) is 11.8. The monoisotopic (exact) mass is 314 g/mol. The van der Waals surface area contributed by atoms with Gasteiger partial charge in [-0.15, -0.1) is 6.58 Å². The van der Waals surface area contributed by atoms with E-state index in [1.807, 2.05) is 0 Å². The van der Waals surface area contributed by atoms with Crippen LogP contribution in [0.5, 0.6) is 0 Å². The normalized spacial score (nSPS) is 55.6. The summed E-state index contributed by atoms with van der Waals surface area (Å²) in [4.78, 5) is 0. The van der Waals surface area contributed by atoms with Crippen LogP contribution in [0.15, 0.2) is 12.7 Å². The molecule has 0 aromatic heterocycles. The molecule has 0 aromatic carbocycles. The Kier molecular flexibility index (Phi) is 4.18. The molecule has 4 aliphatic carbocycles. The first kappa shape index (κ1) is 16.2. The van der Waals surface area contributed by atoms with Crippen LogP contribution < -0.4 is 0 Å². The highest BCUT2D eigenvalue weighted by atomic mass is 14.6. The Balaban J connectivity index is 1.56. The maximum atomic E-state index is 4.07. The van der Waals surface area contributed by atoms with E-state index in [4.69, 9.17) is 0 Å². The summed E-state index contributed by atoms with van der Waals surface area (Å²) in [6, 6.07) is 0. The second-order valence-corrected chi connectivity index (χ2v) is 10.2. The maximum Gasteiger partial charge on any atom is -0.0261 e. The maximum absolute atomic E-state index is 4.07. The van der Waals surface area contributed by atoms with Crippen molar-refractivity contribution in [2.75, 3.05) is 0 Å². The van der Waals surface area contributed by atoms with Gasteiger partial charge in [-0.1, -0.05) is 33.3 Å². The molecule has 0 nitrogen and oxygen atoms in total. The van der Waals surface area contributed by atoms with Gasteiger partial charge in [0.2, 0.25) is 0 Å². The number of allylic oxidation sites excluding steroid dienone is 1. The first-order chi connectivity index (χ1) is 11.0. The SMILES string of the molecule is C=CCC1C(C)CC2C3CCC4CC(C)CCC4C3CCC12C. The highest BCUT2D eigenvalue weighted by molar-refractivity contribution is 5.08. The molecule has 0 N–H and O–H groups in total.